The zero-order chi connectivity index (χ0) is 16.5. The molecule has 0 spiro atoms. The van der Waals surface area contributed by atoms with Gasteiger partial charge >= 0.3 is 0 Å². The average molecular weight is 346 g/mol. The molecule has 6 nitrogen and oxygen atoms in total. The molecule has 0 aliphatic heterocycles. The van der Waals surface area contributed by atoms with Crippen molar-refractivity contribution in [3.8, 4) is 11.5 Å². The van der Waals surface area contributed by atoms with Crippen LogP contribution < -0.4 is 20.2 Å². The summed E-state index contributed by atoms with van der Waals surface area (Å²) in [4.78, 5) is 0. The quantitative estimate of drug-likeness (QED) is 0.449. The van der Waals surface area contributed by atoms with Crippen LogP contribution in [0.1, 0.15) is 12.5 Å². The van der Waals surface area contributed by atoms with E-state index in [0.717, 1.165) is 5.56 Å². The first-order chi connectivity index (χ1) is 10.5. The van der Waals surface area contributed by atoms with Gasteiger partial charge in [0.1, 0.15) is 0 Å². The summed E-state index contributed by atoms with van der Waals surface area (Å²) in [5, 5.41) is 7.93. The van der Waals surface area contributed by atoms with Crippen molar-refractivity contribution in [1.82, 2.24) is 10.7 Å². The highest BCUT2D eigenvalue weighted by Crippen LogP contribution is 2.35. The van der Waals surface area contributed by atoms with E-state index in [1.54, 1.807) is 32.6 Å². The van der Waals surface area contributed by atoms with E-state index >= 15 is 0 Å². The fourth-order valence-corrected chi connectivity index (χ4v) is 2.28. The summed E-state index contributed by atoms with van der Waals surface area (Å²) in [5.74, 6) is 1.02. The van der Waals surface area contributed by atoms with Gasteiger partial charge in [-0.25, -0.2) is 0 Å². The lowest BCUT2D eigenvalue weighted by atomic mass is 10.2. The Morgan fingerprint density at radius 1 is 1.36 bits per heavy atom. The van der Waals surface area contributed by atoms with Crippen LogP contribution in [0, 0.1) is 0 Å². The number of hydrogen-bond acceptors (Lipinski definition) is 5. The summed E-state index contributed by atoms with van der Waals surface area (Å²) in [5.41, 5.74) is 3.48. The van der Waals surface area contributed by atoms with Crippen LogP contribution in [0.2, 0.25) is 5.02 Å². The van der Waals surface area contributed by atoms with Gasteiger partial charge < -0.3 is 19.5 Å². The molecule has 0 aliphatic carbocycles. The number of hydrogen-bond donors (Lipinski definition) is 2. The summed E-state index contributed by atoms with van der Waals surface area (Å²) in [6.45, 7) is 2.51. The Morgan fingerprint density at radius 2 is 2.09 bits per heavy atom. The van der Waals surface area contributed by atoms with Crippen LogP contribution in [0.25, 0.3) is 0 Å². The first kappa shape index (κ1) is 18.5. The van der Waals surface area contributed by atoms with Gasteiger partial charge in [0.25, 0.3) is 0 Å². The van der Waals surface area contributed by atoms with Gasteiger partial charge in [-0.15, -0.1) is 0 Å². The lowest BCUT2D eigenvalue weighted by Gasteiger charge is -2.14. The van der Waals surface area contributed by atoms with E-state index in [1.165, 1.54) is 7.11 Å². The van der Waals surface area contributed by atoms with Crippen LogP contribution in [0.5, 0.6) is 11.5 Å². The largest absolute Gasteiger partial charge is 0.493 e. The van der Waals surface area contributed by atoms with Crippen LogP contribution in [-0.4, -0.2) is 45.3 Å². The second-order valence-electron chi connectivity index (χ2n) is 4.44. The molecule has 1 aromatic carbocycles. The fraction of sp³-hybridized carbons (Fsp3) is 0.429. The number of thiocarbonyl (C=S) groups is 1. The third kappa shape index (κ3) is 5.67. The van der Waals surface area contributed by atoms with Crippen molar-refractivity contribution in [1.29, 1.82) is 0 Å². The van der Waals surface area contributed by atoms with Gasteiger partial charge in [0, 0.05) is 13.2 Å². The van der Waals surface area contributed by atoms with Crippen molar-refractivity contribution >= 4 is 35.1 Å². The Morgan fingerprint density at radius 3 is 2.68 bits per heavy atom. The molecule has 2 N–H and O–H groups in total. The van der Waals surface area contributed by atoms with Gasteiger partial charge in [-0.2, -0.15) is 5.10 Å². The monoisotopic (exact) mass is 345 g/mol. The molecule has 0 amide bonds. The Kier molecular flexibility index (Phi) is 7.94. The molecule has 0 unspecified atom stereocenters. The maximum Gasteiger partial charge on any atom is 0.187 e. The summed E-state index contributed by atoms with van der Waals surface area (Å²) < 4.78 is 15.4. The molecular formula is C14H20ClN3O3S. The lowest BCUT2D eigenvalue weighted by molar-refractivity contribution is 0.179. The predicted octanol–water partition coefficient (Wildman–Crippen LogP) is 2.19. The van der Waals surface area contributed by atoms with Crippen molar-refractivity contribution in [2.24, 2.45) is 5.10 Å². The van der Waals surface area contributed by atoms with Crippen molar-refractivity contribution < 1.29 is 14.2 Å². The maximum atomic E-state index is 6.12. The third-order valence-electron chi connectivity index (χ3n) is 2.63. The molecule has 1 atom stereocenters. The van der Waals surface area contributed by atoms with Crippen molar-refractivity contribution in [2.75, 3.05) is 27.9 Å². The molecule has 0 saturated heterocycles. The second kappa shape index (κ2) is 9.45. The Hall–Kier alpha value is -1.57. The molecule has 0 fully saturated rings. The van der Waals surface area contributed by atoms with Gasteiger partial charge in [-0.05, 0) is 36.8 Å². The normalized spacial score (nSPS) is 12.0. The summed E-state index contributed by atoms with van der Waals surface area (Å²) in [7, 11) is 4.71. The molecule has 1 aromatic rings. The van der Waals surface area contributed by atoms with E-state index in [0.29, 0.717) is 28.2 Å². The number of nitrogens with zero attached hydrogens (tertiary/aromatic N) is 1. The minimum atomic E-state index is 0.0933. The highest BCUT2D eigenvalue weighted by atomic mass is 35.5. The van der Waals surface area contributed by atoms with Gasteiger partial charge in [-0.3, -0.25) is 5.43 Å². The van der Waals surface area contributed by atoms with Crippen LogP contribution in [0.3, 0.4) is 0 Å². The predicted molar refractivity (Wildman–Crippen MR) is 92.4 cm³/mol. The van der Waals surface area contributed by atoms with Gasteiger partial charge in [0.2, 0.25) is 0 Å². The molecule has 8 heteroatoms. The first-order valence-corrected chi connectivity index (χ1v) is 7.30. The van der Waals surface area contributed by atoms with E-state index in [-0.39, 0.29) is 6.04 Å². The first-order valence-electron chi connectivity index (χ1n) is 6.51. The fourth-order valence-electron chi connectivity index (χ4n) is 1.73. The van der Waals surface area contributed by atoms with Gasteiger partial charge in [-0.1, -0.05) is 11.6 Å². The van der Waals surface area contributed by atoms with Crippen molar-refractivity contribution in [2.45, 2.75) is 13.0 Å². The molecule has 0 heterocycles. The highest BCUT2D eigenvalue weighted by Gasteiger charge is 2.10. The number of ether oxygens (including phenoxy) is 3. The van der Waals surface area contributed by atoms with E-state index in [2.05, 4.69) is 15.8 Å². The number of halogens is 1. The molecule has 1 rings (SSSR count). The minimum absolute atomic E-state index is 0.0933. The van der Waals surface area contributed by atoms with E-state index in [1.807, 2.05) is 6.92 Å². The zero-order valence-electron chi connectivity index (χ0n) is 13.0. The average Bonchev–Trinajstić information content (AvgIpc) is 2.46. The van der Waals surface area contributed by atoms with Crippen LogP contribution in [0.15, 0.2) is 17.2 Å². The molecule has 0 saturated carbocycles. The molecule has 22 heavy (non-hydrogen) atoms. The molecular weight excluding hydrogens is 326 g/mol. The number of methoxy groups -OCH3 is 3. The number of hydrazone groups is 1. The second-order valence-corrected chi connectivity index (χ2v) is 5.25. The molecule has 0 radical (unpaired) electrons. The Bertz CT molecular complexity index is 540. The standard InChI is InChI=1S/C14H20ClN3O3S/c1-9(8-19-2)17-14(22)18-16-7-10-5-11(15)13(21-4)12(6-10)20-3/h5-7,9H,8H2,1-4H3,(H2,17,18,22)/b16-7-/t9-/m1/s1. The topological polar surface area (TPSA) is 64.1 Å². The summed E-state index contributed by atoms with van der Waals surface area (Å²) >= 11 is 11.2. The Labute approximate surface area is 140 Å². The maximum absolute atomic E-state index is 6.12. The van der Waals surface area contributed by atoms with Crippen molar-refractivity contribution in [3.05, 3.63) is 22.7 Å². The summed E-state index contributed by atoms with van der Waals surface area (Å²) in [6.07, 6.45) is 1.59. The van der Waals surface area contributed by atoms with E-state index in [9.17, 15) is 0 Å². The highest BCUT2D eigenvalue weighted by molar-refractivity contribution is 7.80. The summed E-state index contributed by atoms with van der Waals surface area (Å²) in [6, 6.07) is 3.58. The van der Waals surface area contributed by atoms with E-state index in [4.69, 9.17) is 38.0 Å². The molecule has 0 aliphatic rings. The molecule has 0 bridgehead atoms. The Balaban J connectivity index is 2.67. The number of rotatable bonds is 7. The van der Waals surface area contributed by atoms with Gasteiger partial charge in [0.05, 0.1) is 32.1 Å². The smallest absolute Gasteiger partial charge is 0.187 e. The van der Waals surface area contributed by atoms with Crippen LogP contribution in [-0.2, 0) is 4.74 Å². The zero-order valence-corrected chi connectivity index (χ0v) is 14.5. The minimum Gasteiger partial charge on any atom is -0.493 e. The number of benzene rings is 1. The van der Waals surface area contributed by atoms with Crippen molar-refractivity contribution in [3.63, 3.8) is 0 Å². The SMILES string of the molecule is COC[C@@H](C)NC(=S)N/N=C\c1cc(Cl)c(OC)c(OC)c1. The van der Waals surface area contributed by atoms with E-state index < -0.39 is 0 Å². The molecule has 0 aromatic heterocycles. The third-order valence-corrected chi connectivity index (χ3v) is 3.12. The van der Waals surface area contributed by atoms with Crippen LogP contribution >= 0.6 is 23.8 Å². The lowest BCUT2D eigenvalue weighted by Crippen LogP contribution is -2.40. The van der Waals surface area contributed by atoms with Gasteiger partial charge in [0.15, 0.2) is 16.6 Å². The number of nitrogens with one attached hydrogen (secondary N) is 2. The van der Waals surface area contributed by atoms with Crippen LogP contribution in [0.4, 0.5) is 0 Å². The molecule has 122 valence electrons.